The van der Waals surface area contributed by atoms with E-state index in [2.05, 4.69) is 21.7 Å². The Hall–Kier alpha value is -3.65. The molecule has 2 bridgehead atoms. The Bertz CT molecular complexity index is 1800. The van der Waals surface area contributed by atoms with Crippen LogP contribution in [0.25, 0.3) is 0 Å². The second-order valence-electron chi connectivity index (χ2n) is 16.5. The number of phenolic OH excluding ortho intramolecular Hbond substituents is 1. The van der Waals surface area contributed by atoms with Crippen LogP contribution < -0.4 is 14.8 Å². The van der Waals surface area contributed by atoms with E-state index < -0.39 is 22.8 Å². The van der Waals surface area contributed by atoms with Crippen LogP contribution in [0.15, 0.2) is 79.4 Å². The Morgan fingerprint density at radius 2 is 1.72 bits per heavy atom. The molecular weight excluding hydrogens is 748 g/mol. The van der Waals surface area contributed by atoms with Crippen molar-refractivity contribution in [3.8, 4) is 17.2 Å². The first-order valence-electron chi connectivity index (χ1n) is 21.1. The van der Waals surface area contributed by atoms with Gasteiger partial charge in [0.15, 0.2) is 11.5 Å². The molecule has 1 saturated carbocycles. The molecule has 3 aromatic carbocycles. The van der Waals surface area contributed by atoms with Gasteiger partial charge in [-0.3, -0.25) is 4.90 Å². The van der Waals surface area contributed by atoms with E-state index in [1.165, 1.54) is 17.7 Å². The lowest BCUT2D eigenvalue weighted by Gasteiger charge is -2.64. The number of hydrogen-bond donors (Lipinski definition) is 3. The number of benzene rings is 3. The van der Waals surface area contributed by atoms with Crippen LogP contribution in [0, 0.1) is 0 Å². The van der Waals surface area contributed by atoms with Gasteiger partial charge in [-0.25, -0.2) is 0 Å². The van der Waals surface area contributed by atoms with Crippen molar-refractivity contribution in [2.24, 2.45) is 0 Å². The van der Waals surface area contributed by atoms with Gasteiger partial charge in [0.2, 0.25) is 0 Å². The number of nitrogens with zero attached hydrogens (tertiary/aromatic N) is 2. The Morgan fingerprint density at radius 1 is 0.966 bits per heavy atom. The number of aliphatic hydroxyl groups is 1. The van der Waals surface area contributed by atoms with Gasteiger partial charge in [0.05, 0.1) is 36.4 Å². The Morgan fingerprint density at radius 3 is 2.48 bits per heavy atom. The van der Waals surface area contributed by atoms with E-state index in [1.54, 1.807) is 6.07 Å². The van der Waals surface area contributed by atoms with Gasteiger partial charge in [0.1, 0.15) is 18.0 Å². The van der Waals surface area contributed by atoms with Crippen LogP contribution in [-0.2, 0) is 27.5 Å². The third-order valence-corrected chi connectivity index (χ3v) is 13.0. The first-order valence-corrected chi connectivity index (χ1v) is 21.1. The maximum absolute atomic E-state index is 13.0. The molecule has 58 heavy (non-hydrogen) atoms. The quantitative estimate of drug-likeness (QED) is 0.0708. The number of aromatic hydroxyl groups is 1. The normalized spacial score (nSPS) is 25.3. The molecule has 3 N–H and O–H groups in total. The Balaban J connectivity index is 0.753. The van der Waals surface area contributed by atoms with E-state index in [0.29, 0.717) is 50.8 Å². The van der Waals surface area contributed by atoms with Crippen LogP contribution in [0.5, 0.6) is 17.2 Å². The Labute approximate surface area is 341 Å². The zero-order chi connectivity index (χ0) is 40.8. The van der Waals surface area contributed by atoms with E-state index in [9.17, 15) is 23.4 Å². The number of unbranched alkanes of at least 4 members (excludes halogenated alkanes) is 3. The molecule has 2 unspecified atom stereocenters. The van der Waals surface area contributed by atoms with Crippen molar-refractivity contribution < 1.29 is 42.3 Å². The van der Waals surface area contributed by atoms with Gasteiger partial charge in [-0.15, -0.1) is 6.58 Å². The summed E-state index contributed by atoms with van der Waals surface area (Å²) in [7, 11) is 2.02. The number of rotatable bonds is 22. The zero-order valence-electron chi connectivity index (χ0n) is 33.7. The molecule has 1 saturated heterocycles. The zero-order valence-corrected chi connectivity index (χ0v) is 33.7. The van der Waals surface area contributed by atoms with E-state index in [-0.39, 0.29) is 30.0 Å². The summed E-state index contributed by atoms with van der Waals surface area (Å²) in [5, 5.41) is 27.2. The number of phenols is 1. The summed E-state index contributed by atoms with van der Waals surface area (Å²) in [6.07, 6.45) is 5.00. The number of halogens is 3. The van der Waals surface area contributed by atoms with Crippen LogP contribution in [0.3, 0.4) is 0 Å². The third kappa shape index (κ3) is 8.93. The molecule has 12 heteroatoms. The molecule has 2 aliphatic heterocycles. The largest absolute Gasteiger partial charge is 0.504 e. The summed E-state index contributed by atoms with van der Waals surface area (Å²) in [6, 6.07) is 18.5. The SMILES string of the molecule is C=CCN1CC[C@]23c4c5ccc(O)c4OC2[C@H](NCCCCCCOCCOCCN(C)CCC(Oc2ccc(C(F)(F)F)cc2)c2ccccc2)CC[C@@]3(O)[C@H]1C5. The van der Waals surface area contributed by atoms with Crippen molar-refractivity contribution in [1.29, 1.82) is 0 Å². The highest BCUT2D eigenvalue weighted by Crippen LogP contribution is 2.65. The molecule has 9 nitrogen and oxygen atoms in total. The van der Waals surface area contributed by atoms with E-state index >= 15 is 0 Å². The average Bonchev–Trinajstić information content (AvgIpc) is 3.57. The molecule has 2 fully saturated rings. The summed E-state index contributed by atoms with van der Waals surface area (Å²) in [6.45, 7) is 10.3. The van der Waals surface area contributed by atoms with Crippen molar-refractivity contribution >= 4 is 0 Å². The van der Waals surface area contributed by atoms with Gasteiger partial charge < -0.3 is 39.4 Å². The summed E-state index contributed by atoms with van der Waals surface area (Å²) in [4.78, 5) is 4.55. The van der Waals surface area contributed by atoms with Crippen molar-refractivity contribution in [2.45, 2.75) is 99.3 Å². The molecule has 0 radical (unpaired) electrons. The minimum Gasteiger partial charge on any atom is -0.504 e. The number of piperidine rings is 1. The van der Waals surface area contributed by atoms with E-state index in [0.717, 1.165) is 101 Å². The second-order valence-corrected chi connectivity index (χ2v) is 16.5. The van der Waals surface area contributed by atoms with Gasteiger partial charge in [-0.05, 0) is 100 Å². The molecular formula is C46H60F3N3O6. The van der Waals surface area contributed by atoms with Crippen molar-refractivity contribution in [2.75, 3.05) is 66.2 Å². The number of likely N-dealkylation sites (tertiary alicyclic amines) is 1. The van der Waals surface area contributed by atoms with Crippen molar-refractivity contribution in [1.82, 2.24) is 15.1 Å². The van der Waals surface area contributed by atoms with Crippen molar-refractivity contribution in [3.63, 3.8) is 0 Å². The van der Waals surface area contributed by atoms with Gasteiger partial charge in [0.25, 0.3) is 0 Å². The number of nitrogens with one attached hydrogen (secondary N) is 1. The third-order valence-electron chi connectivity index (χ3n) is 13.0. The molecule has 3 aromatic rings. The van der Waals surface area contributed by atoms with Crippen LogP contribution >= 0.6 is 0 Å². The van der Waals surface area contributed by atoms with Gasteiger partial charge >= 0.3 is 6.18 Å². The first kappa shape index (κ1) is 42.5. The Kier molecular flexibility index (Phi) is 13.7. The number of likely N-dealkylation sites (N-methyl/N-ethyl adjacent to an activating group) is 1. The van der Waals surface area contributed by atoms with Crippen LogP contribution in [0.4, 0.5) is 13.2 Å². The number of ether oxygens (including phenoxy) is 4. The standard InChI is InChI=1S/C46H60F3N3O6/c1-3-24-52-26-22-44-41-34-13-18-38(53)42(41)58-43(44)37(19-21-45(44,54)40(52)32-34)50-23-9-4-5-10-28-55-30-31-56-29-27-51(2)25-20-39(33-11-7-6-8-12-33)57-36-16-14-35(15-17-36)46(47,48)49/h3,6-8,11-18,37,39-40,43,50,53-54H,1,4-5,9-10,19-32H2,2H3/t37-,39?,40-,43?,44+,45-/m1/s1. The average molecular weight is 808 g/mol. The summed E-state index contributed by atoms with van der Waals surface area (Å²) in [5.74, 6) is 1.16. The van der Waals surface area contributed by atoms with Crippen molar-refractivity contribution in [3.05, 3.63) is 102 Å². The number of alkyl halides is 3. The molecule has 2 aliphatic carbocycles. The van der Waals surface area contributed by atoms with Gasteiger partial charge in [0, 0.05) is 50.3 Å². The fraction of sp³-hybridized carbons (Fsp3) is 0.565. The highest BCUT2D eigenvalue weighted by atomic mass is 19.4. The molecule has 4 aliphatic rings. The molecule has 6 atom stereocenters. The fourth-order valence-corrected chi connectivity index (χ4v) is 10.0. The summed E-state index contributed by atoms with van der Waals surface area (Å²) < 4.78 is 63.5. The van der Waals surface area contributed by atoms with Gasteiger partial charge in [-0.2, -0.15) is 13.2 Å². The lowest BCUT2D eigenvalue weighted by molar-refractivity contribution is -0.189. The molecule has 7 rings (SSSR count). The maximum atomic E-state index is 13.0. The molecule has 0 amide bonds. The monoisotopic (exact) mass is 807 g/mol. The smallest absolute Gasteiger partial charge is 0.416 e. The minimum absolute atomic E-state index is 0.00923. The molecule has 2 heterocycles. The van der Waals surface area contributed by atoms with E-state index in [4.69, 9.17) is 18.9 Å². The van der Waals surface area contributed by atoms with Crippen LogP contribution in [-0.4, -0.2) is 110 Å². The summed E-state index contributed by atoms with van der Waals surface area (Å²) >= 11 is 0. The highest BCUT2D eigenvalue weighted by molar-refractivity contribution is 5.62. The lowest BCUT2D eigenvalue weighted by atomic mass is 9.48. The molecule has 1 spiro atoms. The highest BCUT2D eigenvalue weighted by Gasteiger charge is 2.72. The predicted octanol–water partition coefficient (Wildman–Crippen LogP) is 7.45. The van der Waals surface area contributed by atoms with Gasteiger partial charge in [-0.1, -0.05) is 55.3 Å². The first-order chi connectivity index (χ1) is 28.0. The number of hydrogen-bond acceptors (Lipinski definition) is 9. The second kappa shape index (κ2) is 18.7. The summed E-state index contributed by atoms with van der Waals surface area (Å²) in [5.41, 5.74) is 1.09. The van der Waals surface area contributed by atoms with Crippen LogP contribution in [0.2, 0.25) is 0 Å². The minimum atomic E-state index is -4.38. The van der Waals surface area contributed by atoms with Crippen LogP contribution in [0.1, 0.15) is 79.7 Å². The maximum Gasteiger partial charge on any atom is 0.416 e. The molecule has 316 valence electrons. The predicted molar refractivity (Wildman–Crippen MR) is 218 cm³/mol. The molecule has 0 aromatic heterocycles. The lowest BCUT2D eigenvalue weighted by Crippen LogP contribution is -2.78. The fourth-order valence-electron chi connectivity index (χ4n) is 10.0. The van der Waals surface area contributed by atoms with E-state index in [1.807, 2.05) is 49.5 Å². The topological polar surface area (TPSA) is 95.9 Å².